The molecule has 1 aliphatic heterocycles. The quantitative estimate of drug-likeness (QED) is 0.831. The molecule has 100 valence electrons. The fourth-order valence-electron chi connectivity index (χ4n) is 2.38. The summed E-state index contributed by atoms with van der Waals surface area (Å²) in [6.45, 7) is 6.64. The predicted molar refractivity (Wildman–Crippen MR) is 72.1 cm³/mol. The van der Waals surface area contributed by atoms with E-state index in [1.54, 1.807) is 0 Å². The van der Waals surface area contributed by atoms with Gasteiger partial charge in [0.25, 0.3) is 0 Å². The normalized spacial score (nSPS) is 19.6. The first-order valence-electron chi connectivity index (χ1n) is 6.79. The van der Waals surface area contributed by atoms with E-state index in [0.29, 0.717) is 12.6 Å². The SMILES string of the molecule is CCN(Cc1ccnc(CN)c1)CC1CCCO1. The van der Waals surface area contributed by atoms with E-state index >= 15 is 0 Å². The van der Waals surface area contributed by atoms with Gasteiger partial charge in [0.2, 0.25) is 0 Å². The lowest BCUT2D eigenvalue weighted by Gasteiger charge is -2.23. The second-order valence-corrected chi connectivity index (χ2v) is 4.82. The van der Waals surface area contributed by atoms with Gasteiger partial charge in [0.15, 0.2) is 0 Å². The van der Waals surface area contributed by atoms with Gasteiger partial charge in [-0.2, -0.15) is 0 Å². The van der Waals surface area contributed by atoms with Crippen LogP contribution < -0.4 is 5.73 Å². The van der Waals surface area contributed by atoms with Gasteiger partial charge in [-0.05, 0) is 37.1 Å². The molecule has 1 atom stereocenters. The number of pyridine rings is 1. The molecule has 0 aromatic carbocycles. The summed E-state index contributed by atoms with van der Waals surface area (Å²) in [5.41, 5.74) is 7.86. The van der Waals surface area contributed by atoms with Crippen molar-refractivity contribution in [1.29, 1.82) is 0 Å². The summed E-state index contributed by atoms with van der Waals surface area (Å²) in [5, 5.41) is 0. The van der Waals surface area contributed by atoms with E-state index < -0.39 is 0 Å². The Balaban J connectivity index is 1.91. The highest BCUT2D eigenvalue weighted by Gasteiger charge is 2.18. The number of nitrogens with zero attached hydrogens (tertiary/aromatic N) is 2. The maximum Gasteiger partial charge on any atom is 0.0702 e. The van der Waals surface area contributed by atoms with Crippen molar-refractivity contribution in [3.63, 3.8) is 0 Å². The zero-order chi connectivity index (χ0) is 12.8. The maximum absolute atomic E-state index is 5.69. The molecular formula is C14H23N3O. The lowest BCUT2D eigenvalue weighted by atomic mass is 10.2. The van der Waals surface area contributed by atoms with Crippen molar-refractivity contribution in [2.75, 3.05) is 19.7 Å². The minimum Gasteiger partial charge on any atom is -0.377 e. The topological polar surface area (TPSA) is 51.4 Å². The molecule has 1 unspecified atom stereocenters. The lowest BCUT2D eigenvalue weighted by Crippen LogP contribution is -2.31. The summed E-state index contributed by atoms with van der Waals surface area (Å²) >= 11 is 0. The molecule has 0 amide bonds. The summed E-state index contributed by atoms with van der Waals surface area (Å²) in [7, 11) is 0. The summed E-state index contributed by atoms with van der Waals surface area (Å²) in [4.78, 5) is 6.65. The fourth-order valence-corrected chi connectivity index (χ4v) is 2.38. The molecule has 1 saturated heterocycles. The molecule has 0 bridgehead atoms. The monoisotopic (exact) mass is 249 g/mol. The molecular weight excluding hydrogens is 226 g/mol. The fraction of sp³-hybridized carbons (Fsp3) is 0.643. The molecule has 1 fully saturated rings. The van der Waals surface area contributed by atoms with Gasteiger partial charge in [0, 0.05) is 32.4 Å². The van der Waals surface area contributed by atoms with Crippen LogP contribution in [0.25, 0.3) is 0 Å². The minimum atomic E-state index is 0.417. The second-order valence-electron chi connectivity index (χ2n) is 4.82. The van der Waals surface area contributed by atoms with Crippen molar-refractivity contribution in [3.05, 3.63) is 29.6 Å². The number of hydrogen-bond donors (Lipinski definition) is 1. The number of nitrogens with two attached hydrogens (primary N) is 1. The van der Waals surface area contributed by atoms with Crippen LogP contribution in [0.2, 0.25) is 0 Å². The van der Waals surface area contributed by atoms with E-state index in [2.05, 4.69) is 28.9 Å². The minimum absolute atomic E-state index is 0.417. The van der Waals surface area contributed by atoms with E-state index in [9.17, 15) is 0 Å². The Kier molecular flexibility index (Phi) is 5.11. The van der Waals surface area contributed by atoms with Crippen LogP contribution in [0.4, 0.5) is 0 Å². The average Bonchev–Trinajstić information content (AvgIpc) is 2.91. The van der Waals surface area contributed by atoms with Crippen molar-refractivity contribution < 1.29 is 4.74 Å². The van der Waals surface area contributed by atoms with E-state index in [-0.39, 0.29) is 0 Å². The highest BCUT2D eigenvalue weighted by molar-refractivity contribution is 5.16. The summed E-state index contributed by atoms with van der Waals surface area (Å²) in [6.07, 6.45) is 4.66. The van der Waals surface area contributed by atoms with Gasteiger partial charge in [-0.25, -0.2) is 0 Å². The Morgan fingerprint density at radius 1 is 1.56 bits per heavy atom. The van der Waals surface area contributed by atoms with E-state index in [4.69, 9.17) is 10.5 Å². The van der Waals surface area contributed by atoms with Crippen molar-refractivity contribution >= 4 is 0 Å². The van der Waals surface area contributed by atoms with Gasteiger partial charge in [-0.15, -0.1) is 0 Å². The highest BCUT2D eigenvalue weighted by Crippen LogP contribution is 2.15. The smallest absolute Gasteiger partial charge is 0.0702 e. The molecule has 1 aromatic heterocycles. The van der Waals surface area contributed by atoms with E-state index in [0.717, 1.165) is 31.9 Å². The lowest BCUT2D eigenvalue weighted by molar-refractivity contribution is 0.0725. The molecule has 0 aliphatic carbocycles. The first-order chi connectivity index (χ1) is 8.81. The van der Waals surface area contributed by atoms with Gasteiger partial charge < -0.3 is 10.5 Å². The average molecular weight is 249 g/mol. The number of aromatic nitrogens is 1. The maximum atomic E-state index is 5.69. The Hall–Kier alpha value is -0.970. The summed E-state index contributed by atoms with van der Waals surface area (Å²) in [6, 6.07) is 4.16. The van der Waals surface area contributed by atoms with Crippen LogP contribution in [0.1, 0.15) is 31.0 Å². The first kappa shape index (κ1) is 13.5. The number of hydrogen-bond acceptors (Lipinski definition) is 4. The van der Waals surface area contributed by atoms with Gasteiger partial charge in [0.1, 0.15) is 0 Å². The van der Waals surface area contributed by atoms with Crippen molar-refractivity contribution in [2.24, 2.45) is 5.73 Å². The molecule has 4 heteroatoms. The highest BCUT2D eigenvalue weighted by atomic mass is 16.5. The van der Waals surface area contributed by atoms with Gasteiger partial charge in [-0.3, -0.25) is 9.88 Å². The predicted octanol–water partition coefficient (Wildman–Crippen LogP) is 1.54. The third kappa shape index (κ3) is 3.77. The van der Waals surface area contributed by atoms with Gasteiger partial charge >= 0.3 is 0 Å². The van der Waals surface area contributed by atoms with Crippen LogP contribution >= 0.6 is 0 Å². The second kappa shape index (κ2) is 6.83. The molecule has 2 rings (SSSR count). The van der Waals surface area contributed by atoms with E-state index in [1.807, 2.05) is 6.20 Å². The van der Waals surface area contributed by atoms with Gasteiger partial charge in [0.05, 0.1) is 11.8 Å². The van der Waals surface area contributed by atoms with Crippen LogP contribution in [0.15, 0.2) is 18.3 Å². The molecule has 4 nitrogen and oxygen atoms in total. The molecule has 0 radical (unpaired) electrons. The Morgan fingerprint density at radius 3 is 3.11 bits per heavy atom. The van der Waals surface area contributed by atoms with Crippen LogP contribution in [0.5, 0.6) is 0 Å². The standard InChI is InChI=1S/C14H23N3O/c1-2-17(11-14-4-3-7-18-14)10-12-5-6-16-13(8-12)9-15/h5-6,8,14H,2-4,7,9-11,15H2,1H3. The van der Waals surface area contributed by atoms with Crippen LogP contribution in [-0.2, 0) is 17.8 Å². The molecule has 1 aliphatic rings. The van der Waals surface area contributed by atoms with Crippen molar-refractivity contribution in [1.82, 2.24) is 9.88 Å². The summed E-state index contributed by atoms with van der Waals surface area (Å²) < 4.78 is 5.69. The third-order valence-corrected chi connectivity index (χ3v) is 3.43. The number of likely N-dealkylation sites (N-methyl/N-ethyl adjacent to an activating group) is 1. The van der Waals surface area contributed by atoms with Crippen LogP contribution in [0, 0.1) is 0 Å². The Morgan fingerprint density at radius 2 is 2.44 bits per heavy atom. The van der Waals surface area contributed by atoms with Crippen LogP contribution in [0.3, 0.4) is 0 Å². The molecule has 0 spiro atoms. The number of rotatable bonds is 6. The summed E-state index contributed by atoms with van der Waals surface area (Å²) in [5.74, 6) is 0. The molecule has 18 heavy (non-hydrogen) atoms. The van der Waals surface area contributed by atoms with Crippen molar-refractivity contribution in [2.45, 2.75) is 39.0 Å². The zero-order valence-corrected chi connectivity index (χ0v) is 11.1. The molecule has 2 N–H and O–H groups in total. The zero-order valence-electron chi connectivity index (χ0n) is 11.1. The molecule has 2 heterocycles. The van der Waals surface area contributed by atoms with Gasteiger partial charge in [-0.1, -0.05) is 6.92 Å². The first-order valence-corrected chi connectivity index (χ1v) is 6.79. The van der Waals surface area contributed by atoms with Crippen LogP contribution in [-0.4, -0.2) is 35.7 Å². The Bertz CT molecular complexity index is 364. The van der Waals surface area contributed by atoms with E-state index in [1.165, 1.54) is 18.4 Å². The largest absolute Gasteiger partial charge is 0.377 e. The third-order valence-electron chi connectivity index (χ3n) is 3.43. The van der Waals surface area contributed by atoms with Crippen molar-refractivity contribution in [3.8, 4) is 0 Å². The molecule has 0 saturated carbocycles. The molecule has 1 aromatic rings. The number of ether oxygens (including phenoxy) is 1. The Labute approximate surface area is 109 Å².